The molecule has 5 nitrogen and oxygen atoms in total. The molecular weight excluding hydrogens is 334 g/mol. The summed E-state index contributed by atoms with van der Waals surface area (Å²) in [4.78, 5) is 16.5. The summed E-state index contributed by atoms with van der Waals surface area (Å²) in [6.07, 6.45) is 4.92. The quantitative estimate of drug-likeness (QED) is 0.838. The van der Waals surface area contributed by atoms with Crippen LogP contribution in [0.4, 0.5) is 5.82 Å². The number of hydrogen-bond acceptors (Lipinski definition) is 4. The third-order valence-electron chi connectivity index (χ3n) is 3.12. The van der Waals surface area contributed by atoms with Crippen molar-refractivity contribution in [3.8, 4) is 0 Å². The number of pyridine rings is 1. The summed E-state index contributed by atoms with van der Waals surface area (Å²) in [5, 5.41) is 5.90. The lowest BCUT2D eigenvalue weighted by atomic mass is 10.1. The van der Waals surface area contributed by atoms with Gasteiger partial charge >= 0.3 is 0 Å². The molecule has 6 heteroatoms. The van der Waals surface area contributed by atoms with Crippen molar-refractivity contribution in [3.05, 3.63) is 46.5 Å². The minimum atomic E-state index is -0.139. The molecule has 2 aromatic heterocycles. The minimum absolute atomic E-state index is 0.0475. The molecule has 0 aliphatic heterocycles. The highest BCUT2D eigenvalue weighted by atomic mass is 79.9. The predicted octanol–water partition coefficient (Wildman–Crippen LogP) is 3.23. The Morgan fingerprint density at radius 2 is 2.33 bits per heavy atom. The van der Waals surface area contributed by atoms with E-state index in [4.69, 9.17) is 4.42 Å². The summed E-state index contributed by atoms with van der Waals surface area (Å²) < 4.78 is 6.06. The summed E-state index contributed by atoms with van der Waals surface area (Å²) in [7, 11) is 1.74. The van der Waals surface area contributed by atoms with Gasteiger partial charge in [0.2, 0.25) is 0 Å². The van der Waals surface area contributed by atoms with E-state index < -0.39 is 0 Å². The number of carbonyl (C=O) groups excluding carboxylic acids is 1. The fourth-order valence-electron chi connectivity index (χ4n) is 2.00. The second-order valence-electron chi connectivity index (χ2n) is 4.79. The Balaban J connectivity index is 1.95. The summed E-state index contributed by atoms with van der Waals surface area (Å²) in [5.41, 5.74) is 0.525. The molecule has 1 unspecified atom stereocenters. The third kappa shape index (κ3) is 4.32. The molecule has 1 amide bonds. The van der Waals surface area contributed by atoms with Crippen LogP contribution in [0, 0.1) is 0 Å². The van der Waals surface area contributed by atoms with E-state index in [9.17, 15) is 4.79 Å². The fourth-order valence-corrected chi connectivity index (χ4v) is 2.33. The molecule has 0 aromatic carbocycles. The molecule has 21 heavy (non-hydrogen) atoms. The van der Waals surface area contributed by atoms with Crippen LogP contribution in [0.15, 0.2) is 39.5 Å². The molecular formula is C15H18BrN3O2. The molecule has 0 spiro atoms. The molecule has 112 valence electrons. The van der Waals surface area contributed by atoms with Gasteiger partial charge < -0.3 is 15.1 Å². The molecule has 0 radical (unpaired) electrons. The number of nitrogens with zero attached hydrogens (tertiary/aromatic N) is 1. The van der Waals surface area contributed by atoms with Crippen molar-refractivity contribution < 1.29 is 9.21 Å². The summed E-state index contributed by atoms with van der Waals surface area (Å²) in [6, 6.07) is 5.61. The van der Waals surface area contributed by atoms with Crippen molar-refractivity contribution in [2.24, 2.45) is 0 Å². The standard InChI is InChI=1S/C15H18BrN3O2/c1-10(5-6-12-4-3-7-21-12)19-15(20)13-8-11(16)9-18-14(13)17-2/h3-4,7-10H,5-6H2,1-2H3,(H,17,18)(H,19,20). The number of furan rings is 1. The number of hydrogen-bond donors (Lipinski definition) is 2. The predicted molar refractivity (Wildman–Crippen MR) is 85.4 cm³/mol. The van der Waals surface area contributed by atoms with Crippen LogP contribution in [0.5, 0.6) is 0 Å². The number of carbonyl (C=O) groups is 1. The van der Waals surface area contributed by atoms with Crippen molar-refractivity contribution in [2.45, 2.75) is 25.8 Å². The average molecular weight is 352 g/mol. The van der Waals surface area contributed by atoms with Gasteiger partial charge in [0.15, 0.2) is 0 Å². The van der Waals surface area contributed by atoms with E-state index in [0.717, 1.165) is 23.1 Å². The number of nitrogens with one attached hydrogen (secondary N) is 2. The SMILES string of the molecule is CNc1ncc(Br)cc1C(=O)NC(C)CCc1ccco1. The van der Waals surface area contributed by atoms with Crippen molar-refractivity contribution >= 4 is 27.7 Å². The van der Waals surface area contributed by atoms with Crippen molar-refractivity contribution in [1.82, 2.24) is 10.3 Å². The van der Waals surface area contributed by atoms with Gasteiger partial charge in [0, 0.05) is 30.2 Å². The Bertz CT molecular complexity index is 599. The van der Waals surface area contributed by atoms with E-state index in [2.05, 4.69) is 31.5 Å². The molecule has 0 aliphatic carbocycles. The van der Waals surface area contributed by atoms with E-state index in [-0.39, 0.29) is 11.9 Å². The Labute approximate surface area is 132 Å². The zero-order valence-electron chi connectivity index (χ0n) is 12.0. The van der Waals surface area contributed by atoms with Gasteiger partial charge in [-0.25, -0.2) is 4.98 Å². The molecule has 1 atom stereocenters. The van der Waals surface area contributed by atoms with Gasteiger partial charge in [0.25, 0.3) is 5.91 Å². The smallest absolute Gasteiger partial charge is 0.255 e. The molecule has 2 heterocycles. The second-order valence-corrected chi connectivity index (χ2v) is 5.71. The maximum absolute atomic E-state index is 12.3. The first-order chi connectivity index (χ1) is 10.1. The molecule has 0 bridgehead atoms. The van der Waals surface area contributed by atoms with E-state index in [1.54, 1.807) is 25.6 Å². The van der Waals surface area contributed by atoms with Crippen molar-refractivity contribution in [2.75, 3.05) is 12.4 Å². The third-order valence-corrected chi connectivity index (χ3v) is 3.55. The first kappa shape index (κ1) is 15.6. The average Bonchev–Trinajstić information content (AvgIpc) is 2.98. The maximum atomic E-state index is 12.3. The number of halogens is 1. The lowest BCUT2D eigenvalue weighted by Crippen LogP contribution is -2.33. The zero-order chi connectivity index (χ0) is 15.2. The molecule has 0 fully saturated rings. The van der Waals surface area contributed by atoms with Crippen LogP contribution in [0.25, 0.3) is 0 Å². The minimum Gasteiger partial charge on any atom is -0.469 e. The summed E-state index contributed by atoms with van der Waals surface area (Å²) in [5.74, 6) is 1.35. The van der Waals surface area contributed by atoms with E-state index in [1.165, 1.54) is 0 Å². The van der Waals surface area contributed by atoms with Gasteiger partial charge in [-0.2, -0.15) is 0 Å². The first-order valence-corrected chi connectivity index (χ1v) is 7.56. The van der Waals surface area contributed by atoms with E-state index >= 15 is 0 Å². The highest BCUT2D eigenvalue weighted by Crippen LogP contribution is 2.18. The monoisotopic (exact) mass is 351 g/mol. The maximum Gasteiger partial charge on any atom is 0.255 e. The summed E-state index contributed by atoms with van der Waals surface area (Å²) in [6.45, 7) is 1.98. The van der Waals surface area contributed by atoms with Gasteiger partial charge in [0.1, 0.15) is 11.6 Å². The van der Waals surface area contributed by atoms with Gasteiger partial charge in [-0.3, -0.25) is 4.79 Å². The zero-order valence-corrected chi connectivity index (χ0v) is 13.6. The van der Waals surface area contributed by atoms with Crippen LogP contribution in [0.2, 0.25) is 0 Å². The Kier molecular flexibility index (Phi) is 5.38. The molecule has 2 N–H and O–H groups in total. The van der Waals surface area contributed by atoms with E-state index in [1.807, 2.05) is 19.1 Å². The number of aromatic nitrogens is 1. The van der Waals surface area contributed by atoms with Crippen molar-refractivity contribution in [1.29, 1.82) is 0 Å². The van der Waals surface area contributed by atoms with Crippen molar-refractivity contribution in [3.63, 3.8) is 0 Å². The first-order valence-electron chi connectivity index (χ1n) is 6.76. The lowest BCUT2D eigenvalue weighted by molar-refractivity contribution is 0.0938. The number of aryl methyl sites for hydroxylation is 1. The topological polar surface area (TPSA) is 67.2 Å². The van der Waals surface area contributed by atoms with Crippen LogP contribution in [0.1, 0.15) is 29.5 Å². The van der Waals surface area contributed by atoms with E-state index in [0.29, 0.717) is 11.4 Å². The Morgan fingerprint density at radius 3 is 3.00 bits per heavy atom. The fraction of sp³-hybridized carbons (Fsp3) is 0.333. The van der Waals surface area contributed by atoms with Crippen LogP contribution < -0.4 is 10.6 Å². The lowest BCUT2D eigenvalue weighted by Gasteiger charge is -2.15. The van der Waals surface area contributed by atoms with Gasteiger partial charge in [-0.05, 0) is 47.5 Å². The summed E-state index contributed by atoms with van der Waals surface area (Å²) >= 11 is 3.33. The number of rotatable bonds is 6. The normalized spacial score (nSPS) is 12.0. The van der Waals surface area contributed by atoms with Crippen LogP contribution in [0.3, 0.4) is 0 Å². The van der Waals surface area contributed by atoms with Gasteiger partial charge in [-0.1, -0.05) is 0 Å². The molecule has 2 aromatic rings. The molecule has 0 aliphatic rings. The van der Waals surface area contributed by atoms with Crippen LogP contribution in [-0.4, -0.2) is 24.0 Å². The number of amides is 1. The Morgan fingerprint density at radius 1 is 1.52 bits per heavy atom. The van der Waals surface area contributed by atoms with Crippen LogP contribution in [-0.2, 0) is 6.42 Å². The molecule has 2 rings (SSSR count). The molecule has 0 saturated carbocycles. The largest absolute Gasteiger partial charge is 0.469 e. The van der Waals surface area contributed by atoms with Gasteiger partial charge in [0.05, 0.1) is 11.8 Å². The van der Waals surface area contributed by atoms with Gasteiger partial charge in [-0.15, -0.1) is 0 Å². The van der Waals surface area contributed by atoms with Crippen LogP contribution >= 0.6 is 15.9 Å². The second kappa shape index (κ2) is 7.26. The molecule has 0 saturated heterocycles. The number of anilines is 1. The Hall–Kier alpha value is -1.82. The highest BCUT2D eigenvalue weighted by molar-refractivity contribution is 9.10. The highest BCUT2D eigenvalue weighted by Gasteiger charge is 2.15.